The Morgan fingerprint density at radius 1 is 1.24 bits per heavy atom. The number of aromatic nitrogens is 2. The van der Waals surface area contributed by atoms with Gasteiger partial charge < -0.3 is 4.90 Å². The van der Waals surface area contributed by atoms with Crippen LogP contribution in [0.1, 0.15) is 50.2 Å². The molecular weight excluding hydrogens is 324 g/mol. The summed E-state index contributed by atoms with van der Waals surface area (Å²) in [6, 6.07) is 8.72. The molecule has 1 atom stereocenters. The molecule has 0 spiro atoms. The second-order valence-corrected chi connectivity index (χ2v) is 7.60. The Kier molecular flexibility index (Phi) is 4.39. The summed E-state index contributed by atoms with van der Waals surface area (Å²) in [4.78, 5) is 14.6. The molecule has 1 aromatic carbocycles. The fraction of sp³-hybridized carbons (Fsp3) is 0.474. The van der Waals surface area contributed by atoms with Gasteiger partial charge in [0.2, 0.25) is 0 Å². The number of rotatable bonds is 4. The number of alkyl halides is 2. The zero-order valence-corrected chi connectivity index (χ0v) is 14.9. The highest BCUT2D eigenvalue weighted by atomic mass is 19.3. The van der Waals surface area contributed by atoms with E-state index in [-0.39, 0.29) is 34.5 Å². The van der Waals surface area contributed by atoms with Crippen molar-refractivity contribution in [1.29, 1.82) is 0 Å². The quantitative estimate of drug-likeness (QED) is 0.826. The number of nitrogens with zero attached hydrogens (tertiary/aromatic N) is 3. The molecule has 1 saturated heterocycles. The Balaban J connectivity index is 1.98. The van der Waals surface area contributed by atoms with E-state index in [1.807, 2.05) is 13.8 Å². The molecule has 4 nitrogen and oxygen atoms in total. The fourth-order valence-corrected chi connectivity index (χ4v) is 4.06. The molecule has 1 amide bonds. The fourth-order valence-electron chi connectivity index (χ4n) is 4.06. The van der Waals surface area contributed by atoms with Gasteiger partial charge in [0.1, 0.15) is 5.69 Å². The number of carbonyl (C=O) groups excluding carboxylic acids is 1. The number of halogens is 2. The zero-order chi connectivity index (χ0) is 18.4. The zero-order valence-electron chi connectivity index (χ0n) is 14.9. The first-order valence-corrected chi connectivity index (χ1v) is 8.46. The van der Waals surface area contributed by atoms with E-state index in [0.29, 0.717) is 12.2 Å². The lowest BCUT2D eigenvalue weighted by Gasteiger charge is -2.56. The highest BCUT2D eigenvalue weighted by molar-refractivity contribution is 5.96. The third-order valence-corrected chi connectivity index (χ3v) is 4.85. The molecule has 134 valence electrons. The molecule has 1 aliphatic heterocycles. The van der Waals surface area contributed by atoms with Crippen LogP contribution < -0.4 is 0 Å². The molecule has 1 unspecified atom stereocenters. The molecule has 6 heteroatoms. The van der Waals surface area contributed by atoms with Crippen LogP contribution in [-0.4, -0.2) is 33.2 Å². The van der Waals surface area contributed by atoms with Crippen molar-refractivity contribution in [3.05, 3.63) is 47.8 Å². The maximum atomic E-state index is 13.7. The Bertz CT molecular complexity index is 768. The van der Waals surface area contributed by atoms with Crippen LogP contribution >= 0.6 is 0 Å². The van der Waals surface area contributed by atoms with Crippen molar-refractivity contribution < 1.29 is 13.6 Å². The number of hydrogen-bond donors (Lipinski definition) is 0. The van der Waals surface area contributed by atoms with Gasteiger partial charge in [0.25, 0.3) is 12.3 Å². The second kappa shape index (κ2) is 6.24. The number of carbonyl (C=O) groups is 1. The Morgan fingerprint density at radius 2 is 1.88 bits per heavy atom. The van der Waals surface area contributed by atoms with E-state index >= 15 is 0 Å². The molecule has 1 fully saturated rings. The molecular formula is C19H23F2N3O. The van der Waals surface area contributed by atoms with Crippen LogP contribution in [0.4, 0.5) is 8.78 Å². The van der Waals surface area contributed by atoms with Crippen molar-refractivity contribution in [2.75, 3.05) is 6.54 Å². The van der Waals surface area contributed by atoms with E-state index in [9.17, 15) is 13.6 Å². The summed E-state index contributed by atoms with van der Waals surface area (Å²) in [6.07, 6.45) is -1.52. The van der Waals surface area contributed by atoms with Crippen molar-refractivity contribution in [1.82, 2.24) is 14.7 Å². The van der Waals surface area contributed by atoms with Gasteiger partial charge in [-0.1, -0.05) is 45.9 Å². The third kappa shape index (κ3) is 2.94. The predicted octanol–water partition coefficient (Wildman–Crippen LogP) is 4.32. The van der Waals surface area contributed by atoms with Gasteiger partial charge >= 0.3 is 0 Å². The normalized spacial score (nSPS) is 19.4. The molecule has 2 aromatic rings. The summed E-state index contributed by atoms with van der Waals surface area (Å²) in [5, 5.41) is 4.06. The summed E-state index contributed by atoms with van der Waals surface area (Å²) in [5.74, 6) is -0.109. The topological polar surface area (TPSA) is 38.1 Å². The summed E-state index contributed by atoms with van der Waals surface area (Å²) in [7, 11) is 0. The summed E-state index contributed by atoms with van der Waals surface area (Å²) >= 11 is 0. The smallest absolute Gasteiger partial charge is 0.281 e. The van der Waals surface area contributed by atoms with Crippen molar-refractivity contribution >= 4 is 5.91 Å². The minimum Gasteiger partial charge on any atom is -0.334 e. The lowest BCUT2D eigenvalue weighted by molar-refractivity contribution is -0.0521. The molecule has 1 aliphatic rings. The number of benzene rings is 1. The minimum atomic E-state index is -2.78. The Morgan fingerprint density at radius 3 is 2.40 bits per heavy atom. The van der Waals surface area contributed by atoms with Gasteiger partial charge in [0, 0.05) is 18.0 Å². The highest BCUT2D eigenvalue weighted by Crippen LogP contribution is 2.42. The summed E-state index contributed by atoms with van der Waals surface area (Å²) < 4.78 is 28.6. The van der Waals surface area contributed by atoms with Crippen molar-refractivity contribution in [2.45, 2.75) is 40.2 Å². The summed E-state index contributed by atoms with van der Waals surface area (Å²) in [6.45, 7) is 8.86. The second-order valence-electron chi connectivity index (χ2n) is 7.60. The van der Waals surface area contributed by atoms with Gasteiger partial charge in [-0.15, -0.1) is 0 Å². The molecule has 0 N–H and O–H groups in total. The first kappa shape index (κ1) is 17.6. The van der Waals surface area contributed by atoms with Crippen molar-refractivity contribution in [2.24, 2.45) is 11.3 Å². The standard InChI is InChI=1S/C19H23F2N3O/c1-12(2)16-19(3,4)11-23(16)18(25)14-10-22-24(15(14)17(20)21)13-8-6-5-7-9-13/h5-10,12,16-17H,11H2,1-4H3. The summed E-state index contributed by atoms with van der Waals surface area (Å²) in [5.41, 5.74) is 0.147. The van der Waals surface area contributed by atoms with Gasteiger partial charge in [-0.3, -0.25) is 4.79 Å². The average molecular weight is 347 g/mol. The van der Waals surface area contributed by atoms with Crippen LogP contribution in [0.5, 0.6) is 0 Å². The van der Waals surface area contributed by atoms with E-state index < -0.39 is 6.43 Å². The van der Waals surface area contributed by atoms with E-state index in [0.717, 1.165) is 4.68 Å². The largest absolute Gasteiger partial charge is 0.334 e. The molecule has 2 heterocycles. The first-order valence-electron chi connectivity index (χ1n) is 8.46. The maximum Gasteiger partial charge on any atom is 0.281 e. The van der Waals surface area contributed by atoms with Gasteiger partial charge in [-0.25, -0.2) is 13.5 Å². The lowest BCUT2D eigenvalue weighted by Crippen LogP contribution is -2.65. The third-order valence-electron chi connectivity index (χ3n) is 4.85. The minimum absolute atomic E-state index is 0.00968. The van der Waals surface area contributed by atoms with Crippen LogP contribution in [-0.2, 0) is 0 Å². The van der Waals surface area contributed by atoms with Crippen molar-refractivity contribution in [3.8, 4) is 5.69 Å². The van der Waals surface area contributed by atoms with Gasteiger partial charge in [-0.2, -0.15) is 5.10 Å². The number of likely N-dealkylation sites (tertiary alicyclic amines) is 1. The van der Waals surface area contributed by atoms with Crippen LogP contribution in [0, 0.1) is 11.3 Å². The molecule has 3 rings (SSSR count). The van der Waals surface area contributed by atoms with E-state index in [2.05, 4.69) is 18.9 Å². The Labute approximate surface area is 146 Å². The molecule has 0 radical (unpaired) electrons. The highest BCUT2D eigenvalue weighted by Gasteiger charge is 2.50. The van der Waals surface area contributed by atoms with Crippen LogP contribution in [0.15, 0.2) is 36.5 Å². The molecule has 0 aliphatic carbocycles. The molecule has 0 saturated carbocycles. The van der Waals surface area contributed by atoms with Gasteiger partial charge in [0.05, 0.1) is 17.4 Å². The van der Waals surface area contributed by atoms with Crippen LogP contribution in [0.3, 0.4) is 0 Å². The van der Waals surface area contributed by atoms with Gasteiger partial charge in [0.15, 0.2) is 0 Å². The predicted molar refractivity (Wildman–Crippen MR) is 92.0 cm³/mol. The van der Waals surface area contributed by atoms with Crippen molar-refractivity contribution in [3.63, 3.8) is 0 Å². The van der Waals surface area contributed by atoms with Crippen LogP contribution in [0.2, 0.25) is 0 Å². The Hall–Kier alpha value is -2.24. The van der Waals surface area contributed by atoms with E-state index in [1.165, 1.54) is 6.20 Å². The number of hydrogen-bond acceptors (Lipinski definition) is 2. The number of amides is 1. The van der Waals surface area contributed by atoms with Crippen LogP contribution in [0.25, 0.3) is 5.69 Å². The lowest BCUT2D eigenvalue weighted by atomic mass is 9.69. The van der Waals surface area contributed by atoms with E-state index in [1.54, 1.807) is 35.2 Å². The van der Waals surface area contributed by atoms with Gasteiger partial charge in [-0.05, 0) is 18.1 Å². The molecule has 0 bridgehead atoms. The average Bonchev–Trinajstić information content (AvgIpc) is 2.97. The number of para-hydroxylation sites is 1. The maximum absolute atomic E-state index is 13.7. The van der Waals surface area contributed by atoms with E-state index in [4.69, 9.17) is 0 Å². The monoisotopic (exact) mass is 347 g/mol. The molecule has 25 heavy (non-hydrogen) atoms. The first-order chi connectivity index (χ1) is 11.7. The molecule has 1 aromatic heterocycles. The SMILES string of the molecule is CC(C)C1N(C(=O)c2cnn(-c3ccccc3)c2C(F)F)CC1(C)C.